The van der Waals surface area contributed by atoms with Crippen LogP contribution >= 0.6 is 0 Å². The van der Waals surface area contributed by atoms with Crippen LogP contribution in [0.5, 0.6) is 0 Å². The highest BCUT2D eigenvalue weighted by Crippen LogP contribution is 2.38. The number of benzene rings is 7. The van der Waals surface area contributed by atoms with E-state index in [0.717, 1.165) is 33.2 Å². The zero-order valence-electron chi connectivity index (χ0n) is 24.4. The van der Waals surface area contributed by atoms with Crippen LogP contribution in [0, 0.1) is 0 Å². The Kier molecular flexibility index (Phi) is 5.82. The lowest BCUT2D eigenvalue weighted by Gasteiger charge is -2.14. The van der Waals surface area contributed by atoms with Crippen molar-refractivity contribution in [2.45, 2.75) is 0 Å². The van der Waals surface area contributed by atoms with E-state index < -0.39 is 0 Å². The molecule has 0 saturated heterocycles. The second-order valence-electron chi connectivity index (χ2n) is 11.4. The molecule has 0 radical (unpaired) electrons. The minimum absolute atomic E-state index is 0.673. The van der Waals surface area contributed by atoms with Gasteiger partial charge in [0, 0.05) is 21.7 Å². The van der Waals surface area contributed by atoms with Crippen molar-refractivity contribution < 1.29 is 0 Å². The first-order valence-electron chi connectivity index (χ1n) is 15.3. The van der Waals surface area contributed by atoms with Gasteiger partial charge in [-0.15, -0.1) is 0 Å². The molecule has 9 aromatic rings. The molecule has 45 heavy (non-hydrogen) atoms. The molecule has 2 aromatic heterocycles. The van der Waals surface area contributed by atoms with Crippen LogP contribution in [-0.2, 0) is 0 Å². The predicted molar refractivity (Wildman–Crippen MR) is 188 cm³/mol. The van der Waals surface area contributed by atoms with Crippen LogP contribution < -0.4 is 0 Å². The van der Waals surface area contributed by atoms with Gasteiger partial charge in [-0.1, -0.05) is 146 Å². The average Bonchev–Trinajstić information content (AvgIpc) is 3.45. The second kappa shape index (κ2) is 10.3. The largest absolute Gasteiger partial charge is 0.278 e. The van der Waals surface area contributed by atoms with Crippen LogP contribution in [0.4, 0.5) is 0 Å². The quantitative estimate of drug-likeness (QED) is 0.210. The zero-order valence-corrected chi connectivity index (χ0v) is 24.4. The van der Waals surface area contributed by atoms with Gasteiger partial charge in [0.2, 0.25) is 5.95 Å². The predicted octanol–water partition coefficient (Wildman–Crippen LogP) is 10.9. The summed E-state index contributed by atoms with van der Waals surface area (Å²) in [6.07, 6.45) is 0. The number of rotatable bonds is 4. The second-order valence-corrected chi connectivity index (χ2v) is 11.4. The Labute approximate surface area is 260 Å². The first-order valence-corrected chi connectivity index (χ1v) is 15.3. The summed E-state index contributed by atoms with van der Waals surface area (Å²) >= 11 is 0. The van der Waals surface area contributed by atoms with Gasteiger partial charge in [0.15, 0.2) is 0 Å². The van der Waals surface area contributed by atoms with Gasteiger partial charge in [-0.2, -0.15) is 0 Å². The van der Waals surface area contributed by atoms with Gasteiger partial charge >= 0.3 is 0 Å². The number of aromatic nitrogens is 3. The van der Waals surface area contributed by atoms with Crippen LogP contribution in [0.3, 0.4) is 0 Å². The van der Waals surface area contributed by atoms with Crippen LogP contribution in [0.15, 0.2) is 164 Å². The molecule has 0 saturated carbocycles. The van der Waals surface area contributed by atoms with Crippen molar-refractivity contribution in [2.75, 3.05) is 0 Å². The third-order valence-electron chi connectivity index (χ3n) is 8.83. The molecule has 0 fully saturated rings. The number of hydrogen-bond acceptors (Lipinski definition) is 2. The third kappa shape index (κ3) is 4.13. The Morgan fingerprint density at radius 3 is 1.58 bits per heavy atom. The van der Waals surface area contributed by atoms with Gasteiger partial charge in [0.05, 0.1) is 22.2 Å². The van der Waals surface area contributed by atoms with Crippen molar-refractivity contribution in [2.24, 2.45) is 0 Å². The van der Waals surface area contributed by atoms with Gasteiger partial charge in [0.25, 0.3) is 0 Å². The molecule has 0 N–H and O–H groups in total. The third-order valence-corrected chi connectivity index (χ3v) is 8.83. The lowest BCUT2D eigenvalue weighted by Crippen LogP contribution is -2.03. The van der Waals surface area contributed by atoms with Crippen LogP contribution in [0.2, 0.25) is 0 Å². The van der Waals surface area contributed by atoms with Crippen LogP contribution in [-0.4, -0.2) is 14.5 Å². The number of nitrogens with zero attached hydrogens (tertiary/aromatic N) is 3. The van der Waals surface area contributed by atoms with Crippen molar-refractivity contribution in [3.05, 3.63) is 164 Å². The standard InChI is InChI=1S/C42H27N3/c1-2-12-28(13-3-1)32-19-10-14-30-15-11-20-33(40(30)32)29-24-26-31(27-25-29)41-36-18-4-7-21-37(36)43-42(44-41)45-38-22-8-5-16-34(38)35-17-6-9-23-39(35)45/h1-27H. The Morgan fingerprint density at radius 1 is 0.378 bits per heavy atom. The topological polar surface area (TPSA) is 30.7 Å². The highest BCUT2D eigenvalue weighted by Gasteiger charge is 2.17. The van der Waals surface area contributed by atoms with E-state index in [1.54, 1.807) is 0 Å². The fourth-order valence-electron chi connectivity index (χ4n) is 6.77. The van der Waals surface area contributed by atoms with Gasteiger partial charge in [0.1, 0.15) is 0 Å². The van der Waals surface area contributed by atoms with E-state index in [-0.39, 0.29) is 0 Å². The normalized spacial score (nSPS) is 11.6. The summed E-state index contributed by atoms with van der Waals surface area (Å²) in [4.78, 5) is 10.4. The summed E-state index contributed by atoms with van der Waals surface area (Å²) < 4.78 is 2.19. The minimum atomic E-state index is 0.673. The van der Waals surface area contributed by atoms with Crippen molar-refractivity contribution in [1.29, 1.82) is 0 Å². The van der Waals surface area contributed by atoms with Crippen molar-refractivity contribution >= 4 is 43.5 Å². The van der Waals surface area contributed by atoms with Gasteiger partial charge < -0.3 is 0 Å². The SMILES string of the molecule is c1ccc(-c2cccc3cccc(-c4ccc(-c5nc(-n6c7ccccc7c7ccccc76)nc6ccccc56)cc4)c23)cc1. The number of para-hydroxylation sites is 3. The van der Waals surface area contributed by atoms with E-state index in [4.69, 9.17) is 9.97 Å². The fraction of sp³-hybridized carbons (Fsp3) is 0. The van der Waals surface area contributed by atoms with Gasteiger partial charge in [-0.25, -0.2) is 9.97 Å². The Balaban J connectivity index is 1.22. The fourth-order valence-corrected chi connectivity index (χ4v) is 6.77. The Hall–Kier alpha value is -6.06. The van der Waals surface area contributed by atoms with E-state index in [0.29, 0.717) is 5.95 Å². The molecule has 0 atom stereocenters. The molecular weight excluding hydrogens is 546 g/mol. The molecule has 0 unspecified atom stereocenters. The van der Waals surface area contributed by atoms with E-state index in [9.17, 15) is 0 Å². The summed E-state index contributed by atoms with van der Waals surface area (Å²) in [6.45, 7) is 0. The van der Waals surface area contributed by atoms with Crippen molar-refractivity contribution in [3.8, 4) is 39.5 Å². The Bertz CT molecular complexity index is 2470. The Morgan fingerprint density at radius 2 is 0.911 bits per heavy atom. The van der Waals surface area contributed by atoms with E-state index in [1.165, 1.54) is 43.8 Å². The number of hydrogen-bond donors (Lipinski definition) is 0. The molecule has 2 heterocycles. The molecular formula is C42H27N3. The summed E-state index contributed by atoms with van der Waals surface area (Å²) in [6, 6.07) is 57.9. The molecule has 0 aliphatic carbocycles. The summed E-state index contributed by atoms with van der Waals surface area (Å²) in [7, 11) is 0. The molecule has 0 bridgehead atoms. The lowest BCUT2D eigenvalue weighted by molar-refractivity contribution is 1.01. The first-order chi connectivity index (χ1) is 22.3. The summed E-state index contributed by atoms with van der Waals surface area (Å²) in [5, 5.41) is 5.92. The minimum Gasteiger partial charge on any atom is -0.278 e. The highest BCUT2D eigenvalue weighted by atomic mass is 15.2. The summed E-state index contributed by atoms with van der Waals surface area (Å²) in [5.74, 6) is 0.673. The molecule has 0 spiro atoms. The molecule has 0 aliphatic heterocycles. The average molecular weight is 574 g/mol. The zero-order chi connectivity index (χ0) is 29.7. The molecule has 3 nitrogen and oxygen atoms in total. The van der Waals surface area contributed by atoms with Crippen molar-refractivity contribution in [1.82, 2.24) is 14.5 Å². The lowest BCUT2D eigenvalue weighted by atomic mass is 9.91. The van der Waals surface area contributed by atoms with E-state index >= 15 is 0 Å². The molecule has 210 valence electrons. The molecule has 7 aromatic carbocycles. The summed E-state index contributed by atoms with van der Waals surface area (Å²) in [5.41, 5.74) is 9.95. The molecule has 9 rings (SSSR count). The van der Waals surface area contributed by atoms with Gasteiger partial charge in [-0.3, -0.25) is 4.57 Å². The maximum absolute atomic E-state index is 5.27. The van der Waals surface area contributed by atoms with Crippen LogP contribution in [0.25, 0.3) is 82.9 Å². The maximum atomic E-state index is 5.27. The van der Waals surface area contributed by atoms with Crippen molar-refractivity contribution in [3.63, 3.8) is 0 Å². The smallest absolute Gasteiger partial charge is 0.235 e. The maximum Gasteiger partial charge on any atom is 0.235 e. The molecule has 0 aliphatic rings. The highest BCUT2D eigenvalue weighted by molar-refractivity contribution is 6.09. The van der Waals surface area contributed by atoms with E-state index in [2.05, 4.69) is 162 Å². The monoisotopic (exact) mass is 573 g/mol. The van der Waals surface area contributed by atoms with Gasteiger partial charge in [-0.05, 0) is 51.2 Å². The molecule has 3 heteroatoms. The first kappa shape index (κ1) is 25.4. The van der Waals surface area contributed by atoms with E-state index in [1.807, 2.05) is 6.07 Å². The van der Waals surface area contributed by atoms with Crippen LogP contribution in [0.1, 0.15) is 0 Å². The molecule has 0 amide bonds. The number of fused-ring (bicyclic) bond motifs is 5.